The van der Waals surface area contributed by atoms with Gasteiger partial charge in [0.25, 0.3) is 0 Å². The molecule has 4 aromatic carbocycles. The molecular weight excluding hydrogens is 716 g/mol. The number of carbonyl (C=O) groups is 2. The Kier molecular flexibility index (Phi) is 10.4. The SMILES string of the molecule is COc1cc(N2CCC3(CC2)CC(CN2CCC(c4ccc(N[C@H]5CCC(=O)NC5=O)cc4F)CC2)C3)ccc1[C@@H]1c2ccc(O)cc2CC[C@@H]1c1ccccc1. The zero-order valence-electron chi connectivity index (χ0n) is 33.0. The van der Waals surface area contributed by atoms with E-state index in [4.69, 9.17) is 4.74 Å². The number of halogens is 1. The molecule has 3 aliphatic heterocycles. The van der Waals surface area contributed by atoms with Crippen LogP contribution in [0.1, 0.15) is 103 Å². The Labute approximate surface area is 335 Å². The van der Waals surface area contributed by atoms with E-state index in [1.807, 2.05) is 24.3 Å². The number of likely N-dealkylation sites (tertiary alicyclic amines) is 1. The third-order valence-corrected chi connectivity index (χ3v) is 14.1. The number of benzene rings is 4. The molecule has 0 aromatic heterocycles. The molecule has 9 heteroatoms. The molecule has 0 bridgehead atoms. The number of phenols is 1. The molecule has 1 spiro atoms. The summed E-state index contributed by atoms with van der Waals surface area (Å²) < 4.78 is 21.5. The number of rotatable bonds is 9. The Balaban J connectivity index is 0.776. The third-order valence-electron chi connectivity index (χ3n) is 14.1. The number of anilines is 2. The smallest absolute Gasteiger partial charge is 0.249 e. The maximum absolute atomic E-state index is 15.3. The molecule has 3 atom stereocenters. The first-order valence-electron chi connectivity index (χ1n) is 21.2. The van der Waals surface area contributed by atoms with Gasteiger partial charge in [0, 0.05) is 55.0 Å². The van der Waals surface area contributed by atoms with Gasteiger partial charge in [-0.3, -0.25) is 14.9 Å². The largest absolute Gasteiger partial charge is 0.508 e. The lowest BCUT2D eigenvalue weighted by Crippen LogP contribution is -2.50. The average Bonchev–Trinajstić information content (AvgIpc) is 3.21. The van der Waals surface area contributed by atoms with E-state index in [1.165, 1.54) is 59.7 Å². The number of hydrogen-bond donors (Lipinski definition) is 3. The molecule has 298 valence electrons. The summed E-state index contributed by atoms with van der Waals surface area (Å²) in [5, 5.41) is 15.8. The van der Waals surface area contributed by atoms with Crippen molar-refractivity contribution >= 4 is 23.2 Å². The van der Waals surface area contributed by atoms with Crippen LogP contribution in [0.15, 0.2) is 84.9 Å². The second-order valence-electron chi connectivity index (χ2n) is 17.6. The van der Waals surface area contributed by atoms with E-state index in [1.54, 1.807) is 7.11 Å². The molecule has 0 radical (unpaired) electrons. The lowest BCUT2D eigenvalue weighted by molar-refractivity contribution is -0.133. The highest BCUT2D eigenvalue weighted by Crippen LogP contribution is 2.54. The van der Waals surface area contributed by atoms with Crippen molar-refractivity contribution in [2.45, 2.75) is 88.0 Å². The first-order valence-corrected chi connectivity index (χ1v) is 21.2. The maximum atomic E-state index is 15.3. The fraction of sp³-hybridized carbons (Fsp3) is 0.458. The quantitative estimate of drug-likeness (QED) is 0.147. The van der Waals surface area contributed by atoms with Gasteiger partial charge in [0.2, 0.25) is 11.8 Å². The van der Waals surface area contributed by atoms with E-state index in [0.29, 0.717) is 29.2 Å². The second-order valence-corrected chi connectivity index (χ2v) is 17.6. The number of phenolic OH excluding ortho intramolecular Hbond substituents is 1. The zero-order valence-corrected chi connectivity index (χ0v) is 33.0. The zero-order chi connectivity index (χ0) is 39.1. The summed E-state index contributed by atoms with van der Waals surface area (Å²) in [6, 6.07) is 28.3. The van der Waals surface area contributed by atoms with Gasteiger partial charge < -0.3 is 25.0 Å². The van der Waals surface area contributed by atoms with Crippen molar-refractivity contribution < 1.29 is 23.8 Å². The topological polar surface area (TPSA) is 94.1 Å². The molecule has 8 nitrogen and oxygen atoms in total. The molecule has 3 N–H and O–H groups in total. The molecule has 2 amide bonds. The number of hydrogen-bond acceptors (Lipinski definition) is 7. The molecule has 4 fully saturated rings. The number of aromatic hydroxyl groups is 1. The molecule has 4 aromatic rings. The molecule has 1 saturated carbocycles. The van der Waals surface area contributed by atoms with Crippen LogP contribution in [0.5, 0.6) is 11.5 Å². The van der Waals surface area contributed by atoms with Crippen LogP contribution in [-0.4, -0.2) is 67.7 Å². The van der Waals surface area contributed by atoms with E-state index in [0.717, 1.165) is 75.6 Å². The van der Waals surface area contributed by atoms with Crippen molar-refractivity contribution in [2.75, 3.05) is 50.1 Å². The van der Waals surface area contributed by atoms with Crippen LogP contribution in [0.25, 0.3) is 0 Å². The Morgan fingerprint density at radius 3 is 2.33 bits per heavy atom. The Morgan fingerprint density at radius 1 is 0.842 bits per heavy atom. The summed E-state index contributed by atoms with van der Waals surface area (Å²) in [7, 11) is 1.80. The minimum atomic E-state index is -0.519. The lowest BCUT2D eigenvalue weighted by atomic mass is 9.57. The first kappa shape index (κ1) is 37.7. The highest BCUT2D eigenvalue weighted by atomic mass is 19.1. The predicted octanol–water partition coefficient (Wildman–Crippen LogP) is 8.50. The van der Waals surface area contributed by atoms with Gasteiger partial charge in [-0.1, -0.05) is 48.5 Å². The van der Waals surface area contributed by atoms with Gasteiger partial charge in [-0.15, -0.1) is 0 Å². The molecule has 57 heavy (non-hydrogen) atoms. The van der Waals surface area contributed by atoms with Gasteiger partial charge in [-0.2, -0.15) is 0 Å². The van der Waals surface area contributed by atoms with Gasteiger partial charge >= 0.3 is 0 Å². The molecule has 2 aliphatic carbocycles. The van der Waals surface area contributed by atoms with Crippen LogP contribution >= 0.6 is 0 Å². The third kappa shape index (κ3) is 7.75. The fourth-order valence-corrected chi connectivity index (χ4v) is 11.1. The van der Waals surface area contributed by atoms with Gasteiger partial charge in [-0.05, 0) is 147 Å². The number of aryl methyl sites for hydroxylation is 1. The molecule has 9 rings (SSSR count). The molecule has 3 heterocycles. The van der Waals surface area contributed by atoms with Gasteiger partial charge in [-0.25, -0.2) is 4.39 Å². The number of imide groups is 1. The van der Waals surface area contributed by atoms with Crippen LogP contribution in [0.2, 0.25) is 0 Å². The van der Waals surface area contributed by atoms with Crippen molar-refractivity contribution in [3.63, 3.8) is 0 Å². The predicted molar refractivity (Wildman–Crippen MR) is 222 cm³/mol. The maximum Gasteiger partial charge on any atom is 0.249 e. The lowest BCUT2D eigenvalue weighted by Gasteiger charge is -2.54. The van der Waals surface area contributed by atoms with Gasteiger partial charge in [0.15, 0.2) is 0 Å². The number of carbonyl (C=O) groups excluding carboxylic acids is 2. The number of methoxy groups -OCH3 is 1. The van der Waals surface area contributed by atoms with E-state index in [9.17, 15) is 14.7 Å². The van der Waals surface area contributed by atoms with Gasteiger partial charge in [0.05, 0.1) is 7.11 Å². The number of nitrogens with zero attached hydrogens (tertiary/aromatic N) is 2. The minimum Gasteiger partial charge on any atom is -0.508 e. The monoisotopic (exact) mass is 770 g/mol. The number of ether oxygens (including phenoxy) is 1. The van der Waals surface area contributed by atoms with E-state index in [-0.39, 0.29) is 35.9 Å². The van der Waals surface area contributed by atoms with Crippen LogP contribution < -0.4 is 20.3 Å². The number of nitrogens with one attached hydrogen (secondary N) is 2. The fourth-order valence-electron chi connectivity index (χ4n) is 11.1. The van der Waals surface area contributed by atoms with Crippen LogP contribution in [0.4, 0.5) is 15.8 Å². The summed E-state index contributed by atoms with van der Waals surface area (Å²) in [5.74, 6) is 1.85. The van der Waals surface area contributed by atoms with Crippen molar-refractivity contribution in [1.29, 1.82) is 0 Å². The summed E-state index contributed by atoms with van der Waals surface area (Å²) in [5.41, 5.74) is 8.10. The summed E-state index contributed by atoms with van der Waals surface area (Å²) in [6.07, 6.45) is 9.63. The van der Waals surface area contributed by atoms with Crippen molar-refractivity contribution in [1.82, 2.24) is 10.2 Å². The average molecular weight is 771 g/mol. The van der Waals surface area contributed by atoms with E-state index < -0.39 is 6.04 Å². The number of amides is 2. The summed E-state index contributed by atoms with van der Waals surface area (Å²) in [4.78, 5) is 28.8. The van der Waals surface area contributed by atoms with E-state index in [2.05, 4.69) is 75.0 Å². The van der Waals surface area contributed by atoms with Crippen LogP contribution in [0, 0.1) is 17.2 Å². The first-order chi connectivity index (χ1) is 27.7. The highest BCUT2D eigenvalue weighted by Gasteiger charge is 2.46. The van der Waals surface area contributed by atoms with Crippen LogP contribution in [0.3, 0.4) is 0 Å². The number of piperidine rings is 3. The summed E-state index contributed by atoms with van der Waals surface area (Å²) >= 11 is 0. The van der Waals surface area contributed by atoms with Crippen molar-refractivity contribution in [3.8, 4) is 11.5 Å². The second kappa shape index (κ2) is 15.8. The Bertz CT molecular complexity index is 2100. The Hall–Kier alpha value is -4.89. The van der Waals surface area contributed by atoms with Crippen LogP contribution in [-0.2, 0) is 16.0 Å². The molecule has 0 unspecified atom stereocenters. The standard InChI is InChI=1S/C48H55FN4O4/c1-57-44-27-36(9-13-41(44)46-39(32-5-3-2-4-6-32)11-7-34-25-37(54)10-14-40(34)46)53-23-19-48(20-24-53)28-31(29-48)30-52-21-17-33(18-22-52)38-12-8-35(26-42(38)49)50-43-15-16-45(55)51-47(43)56/h2-6,8-10,12-14,25-27,31,33,39,43,46,50,54H,7,11,15-24,28-30H2,1H3,(H,51,55,56)/t39-,43+,46+/m1/s1. The summed E-state index contributed by atoms with van der Waals surface area (Å²) in [6.45, 7) is 5.26. The highest BCUT2D eigenvalue weighted by molar-refractivity contribution is 6.01. The van der Waals surface area contributed by atoms with E-state index >= 15 is 4.39 Å². The van der Waals surface area contributed by atoms with Crippen molar-refractivity contribution in [2.24, 2.45) is 11.3 Å². The molecule has 5 aliphatic rings. The minimum absolute atomic E-state index is 0.145. The van der Waals surface area contributed by atoms with Crippen molar-refractivity contribution in [3.05, 3.63) is 119 Å². The Morgan fingerprint density at radius 2 is 1.60 bits per heavy atom. The molecular formula is C48H55FN4O4. The molecule has 3 saturated heterocycles. The number of fused-ring (bicyclic) bond motifs is 1. The normalized spacial score (nSPS) is 24.1. The van der Waals surface area contributed by atoms with Gasteiger partial charge in [0.1, 0.15) is 23.4 Å².